The summed E-state index contributed by atoms with van der Waals surface area (Å²) in [5.41, 5.74) is 2.03. The fourth-order valence-electron chi connectivity index (χ4n) is 1.52. The minimum absolute atomic E-state index is 0.0313. The first-order valence-electron chi connectivity index (χ1n) is 5.73. The molecule has 1 N–H and O–H groups in total. The molecule has 0 radical (unpaired) electrons. The van der Waals surface area contributed by atoms with Crippen LogP contribution in [0.5, 0.6) is 0 Å². The Labute approximate surface area is 124 Å². The third-order valence-corrected chi connectivity index (χ3v) is 4.71. The number of nitrogens with zero attached hydrogens (tertiary/aromatic N) is 3. The van der Waals surface area contributed by atoms with Crippen LogP contribution in [0.3, 0.4) is 0 Å². The van der Waals surface area contributed by atoms with Gasteiger partial charge < -0.3 is 5.11 Å². The van der Waals surface area contributed by atoms with Gasteiger partial charge in [-0.2, -0.15) is 5.26 Å². The van der Waals surface area contributed by atoms with Crippen molar-refractivity contribution in [3.05, 3.63) is 34.0 Å². The molecule has 0 amide bonds. The molecular formula is C13H11N3O2S2. The van der Waals surface area contributed by atoms with Crippen LogP contribution in [0.4, 0.5) is 0 Å². The van der Waals surface area contributed by atoms with Gasteiger partial charge in [-0.1, -0.05) is 0 Å². The van der Waals surface area contributed by atoms with Crippen LogP contribution in [0.25, 0.3) is 0 Å². The number of aryl methyl sites for hydroxylation is 2. The number of aliphatic carboxylic acids is 1. The summed E-state index contributed by atoms with van der Waals surface area (Å²) in [4.78, 5) is 20.1. The number of rotatable bonds is 4. The highest BCUT2D eigenvalue weighted by atomic mass is 32.2. The molecule has 0 saturated heterocycles. The van der Waals surface area contributed by atoms with Gasteiger partial charge in [-0.3, -0.25) is 4.79 Å². The quantitative estimate of drug-likeness (QED) is 0.934. The zero-order valence-electron chi connectivity index (χ0n) is 10.9. The monoisotopic (exact) mass is 305 g/mol. The molecule has 0 saturated carbocycles. The summed E-state index contributed by atoms with van der Waals surface area (Å²) in [5, 5.41) is 18.5. The maximum Gasteiger partial charge on any atom is 0.308 e. The molecule has 2 aromatic rings. The third kappa shape index (κ3) is 3.35. The van der Waals surface area contributed by atoms with Gasteiger partial charge in [0.2, 0.25) is 0 Å². The molecule has 0 aliphatic carbocycles. The minimum atomic E-state index is -0.875. The van der Waals surface area contributed by atoms with Crippen LogP contribution in [0.2, 0.25) is 0 Å². The molecule has 0 fully saturated rings. The third-order valence-electron chi connectivity index (χ3n) is 2.49. The molecule has 20 heavy (non-hydrogen) atoms. The molecule has 0 aliphatic rings. The summed E-state index contributed by atoms with van der Waals surface area (Å²) >= 11 is 2.63. The van der Waals surface area contributed by atoms with Gasteiger partial charge in [0.1, 0.15) is 11.1 Å². The Balaban J connectivity index is 2.29. The number of carboxylic acid groups (broad SMARTS) is 1. The van der Waals surface area contributed by atoms with Crippen molar-refractivity contribution in [3.8, 4) is 6.07 Å². The van der Waals surface area contributed by atoms with Gasteiger partial charge in [0, 0.05) is 10.6 Å². The van der Waals surface area contributed by atoms with Crippen molar-refractivity contribution in [2.24, 2.45) is 0 Å². The summed E-state index contributed by atoms with van der Waals surface area (Å²) in [6.45, 7) is 3.64. The molecule has 0 bridgehead atoms. The Hall–Kier alpha value is -1.91. The topological polar surface area (TPSA) is 86.9 Å². The maximum atomic E-state index is 10.8. The summed E-state index contributed by atoms with van der Waals surface area (Å²) in [7, 11) is 0. The normalized spacial score (nSPS) is 10.2. The molecule has 2 heterocycles. The van der Waals surface area contributed by atoms with Crippen LogP contribution in [-0.4, -0.2) is 21.0 Å². The minimum Gasteiger partial charge on any atom is -0.481 e. The smallest absolute Gasteiger partial charge is 0.308 e. The van der Waals surface area contributed by atoms with E-state index in [1.807, 2.05) is 6.92 Å². The summed E-state index contributed by atoms with van der Waals surface area (Å²) in [5.74, 6) is -0.875. The lowest BCUT2D eigenvalue weighted by Gasteiger charge is -2.01. The van der Waals surface area contributed by atoms with Crippen molar-refractivity contribution in [2.45, 2.75) is 29.6 Å². The van der Waals surface area contributed by atoms with Crippen LogP contribution in [0.1, 0.15) is 21.8 Å². The first-order valence-corrected chi connectivity index (χ1v) is 7.36. The highest BCUT2D eigenvalue weighted by Crippen LogP contribution is 2.33. The number of carboxylic acids is 1. The second-order valence-corrected chi connectivity index (χ2v) is 6.40. The molecule has 5 nitrogen and oxygen atoms in total. The molecule has 102 valence electrons. The van der Waals surface area contributed by atoms with Gasteiger partial charge in [-0.15, -0.1) is 11.3 Å². The van der Waals surface area contributed by atoms with E-state index >= 15 is 0 Å². The van der Waals surface area contributed by atoms with Crippen molar-refractivity contribution in [3.63, 3.8) is 0 Å². The van der Waals surface area contributed by atoms with Crippen molar-refractivity contribution in [1.82, 2.24) is 9.97 Å². The Kier molecular flexibility index (Phi) is 4.37. The van der Waals surface area contributed by atoms with E-state index in [4.69, 9.17) is 10.4 Å². The van der Waals surface area contributed by atoms with E-state index in [0.29, 0.717) is 20.6 Å². The average molecular weight is 305 g/mol. The Bertz CT molecular complexity index is 704. The molecule has 0 atom stereocenters. The van der Waals surface area contributed by atoms with Gasteiger partial charge in [0.15, 0.2) is 4.34 Å². The number of pyridine rings is 1. The number of carbonyl (C=O) groups is 1. The molecule has 0 spiro atoms. The van der Waals surface area contributed by atoms with E-state index in [9.17, 15) is 4.79 Å². The first-order chi connectivity index (χ1) is 9.49. The Morgan fingerprint density at radius 1 is 1.45 bits per heavy atom. The van der Waals surface area contributed by atoms with Crippen LogP contribution in [-0.2, 0) is 11.2 Å². The van der Waals surface area contributed by atoms with Crippen LogP contribution < -0.4 is 0 Å². The number of nitriles is 1. The van der Waals surface area contributed by atoms with E-state index in [-0.39, 0.29) is 6.42 Å². The predicted octanol–water partition coefficient (Wildman–Crippen LogP) is 2.80. The zero-order valence-corrected chi connectivity index (χ0v) is 12.5. The first kappa shape index (κ1) is 14.5. The Morgan fingerprint density at radius 2 is 2.20 bits per heavy atom. The molecule has 0 aromatic carbocycles. The molecule has 2 rings (SSSR count). The van der Waals surface area contributed by atoms with Crippen LogP contribution in [0.15, 0.2) is 21.5 Å². The maximum absolute atomic E-state index is 10.8. The fraction of sp³-hybridized carbons (Fsp3) is 0.231. The van der Waals surface area contributed by atoms with Crippen molar-refractivity contribution in [2.75, 3.05) is 0 Å². The summed E-state index contributed by atoms with van der Waals surface area (Å²) in [6.07, 6.45) is -0.0313. The SMILES string of the molecule is Cc1ccc(C#N)c(Sc2nc(C)c(CC(=O)O)s2)n1. The predicted molar refractivity (Wildman–Crippen MR) is 76.0 cm³/mol. The van der Waals surface area contributed by atoms with E-state index in [2.05, 4.69) is 16.0 Å². The largest absolute Gasteiger partial charge is 0.481 e. The van der Waals surface area contributed by atoms with Crippen LogP contribution in [0, 0.1) is 25.2 Å². The number of hydrogen-bond acceptors (Lipinski definition) is 6. The molecule has 0 aliphatic heterocycles. The second-order valence-electron chi connectivity index (χ2n) is 4.08. The van der Waals surface area contributed by atoms with E-state index in [1.165, 1.54) is 23.1 Å². The second kappa shape index (κ2) is 6.03. The van der Waals surface area contributed by atoms with Gasteiger partial charge in [0.05, 0.1) is 17.7 Å². The van der Waals surface area contributed by atoms with Gasteiger partial charge in [-0.25, -0.2) is 9.97 Å². The molecule has 7 heteroatoms. The lowest BCUT2D eigenvalue weighted by Crippen LogP contribution is -1.99. The number of hydrogen-bond donors (Lipinski definition) is 1. The van der Waals surface area contributed by atoms with Crippen molar-refractivity contribution >= 4 is 29.1 Å². The summed E-state index contributed by atoms with van der Waals surface area (Å²) < 4.78 is 0.702. The van der Waals surface area contributed by atoms with Crippen molar-refractivity contribution < 1.29 is 9.90 Å². The van der Waals surface area contributed by atoms with Crippen LogP contribution >= 0.6 is 23.1 Å². The van der Waals surface area contributed by atoms with Gasteiger partial charge >= 0.3 is 5.97 Å². The standard InChI is InChI=1S/C13H11N3O2S2/c1-7-3-4-9(6-14)12(15-7)20-13-16-8(2)10(19-13)5-11(17)18/h3-4H,5H2,1-2H3,(H,17,18). The summed E-state index contributed by atoms with van der Waals surface area (Å²) in [6, 6.07) is 5.60. The van der Waals surface area contributed by atoms with Gasteiger partial charge in [0.25, 0.3) is 0 Å². The lowest BCUT2D eigenvalue weighted by molar-refractivity contribution is -0.136. The highest BCUT2D eigenvalue weighted by molar-refractivity contribution is 8.01. The number of thiazole rings is 1. The highest BCUT2D eigenvalue weighted by Gasteiger charge is 2.14. The van der Waals surface area contributed by atoms with E-state index in [0.717, 1.165) is 10.6 Å². The lowest BCUT2D eigenvalue weighted by atomic mass is 10.3. The Morgan fingerprint density at radius 3 is 2.85 bits per heavy atom. The zero-order chi connectivity index (χ0) is 14.7. The fourth-order valence-corrected chi connectivity index (χ4v) is 3.77. The number of aromatic nitrogens is 2. The molecular weight excluding hydrogens is 294 g/mol. The average Bonchev–Trinajstić information content (AvgIpc) is 2.69. The van der Waals surface area contributed by atoms with E-state index in [1.54, 1.807) is 19.1 Å². The van der Waals surface area contributed by atoms with Gasteiger partial charge in [-0.05, 0) is 37.7 Å². The van der Waals surface area contributed by atoms with Crippen molar-refractivity contribution in [1.29, 1.82) is 5.26 Å². The molecule has 0 unspecified atom stereocenters. The van der Waals surface area contributed by atoms with E-state index < -0.39 is 5.97 Å². The molecule has 2 aromatic heterocycles.